The van der Waals surface area contributed by atoms with Gasteiger partial charge in [-0.1, -0.05) is 6.92 Å². The summed E-state index contributed by atoms with van der Waals surface area (Å²) in [6.07, 6.45) is 2.16. The Balaban J connectivity index is 2.32. The number of nitrogens with zero attached hydrogens (tertiary/aromatic N) is 1. The molecule has 1 rings (SSSR count). The fourth-order valence-electron chi connectivity index (χ4n) is 2.18. The number of carbonyl (C=O) groups excluding carboxylic acids is 1. The highest BCUT2D eigenvalue weighted by atomic mass is 16.5. The lowest BCUT2D eigenvalue weighted by Crippen LogP contribution is -2.39. The molecule has 1 atom stereocenters. The fraction of sp³-hybridized carbons (Fsp3) is 0.917. The number of hydrogen-bond donors (Lipinski definition) is 1. The monoisotopic (exact) mass is 228 g/mol. The van der Waals surface area contributed by atoms with Crippen LogP contribution in [-0.2, 0) is 9.53 Å². The number of nitrogens with one attached hydrogen (secondary N) is 1. The first kappa shape index (κ1) is 13.5. The van der Waals surface area contributed by atoms with Gasteiger partial charge in [-0.2, -0.15) is 0 Å². The van der Waals surface area contributed by atoms with Crippen molar-refractivity contribution in [3.05, 3.63) is 0 Å². The van der Waals surface area contributed by atoms with Crippen LogP contribution in [0.5, 0.6) is 0 Å². The van der Waals surface area contributed by atoms with Gasteiger partial charge < -0.3 is 15.0 Å². The standard InChI is InChI=1S/C12H24N2O2/c1-10(8-13-2)12(15)14(3)9-11-4-6-16-7-5-11/h10-11,13H,4-9H2,1-3H3. The van der Waals surface area contributed by atoms with Crippen LogP contribution in [0.15, 0.2) is 0 Å². The number of carbonyl (C=O) groups is 1. The Labute approximate surface area is 98.3 Å². The molecule has 1 saturated heterocycles. The molecule has 0 aromatic carbocycles. The molecule has 0 saturated carbocycles. The Kier molecular flexibility index (Phi) is 5.77. The lowest BCUT2D eigenvalue weighted by Gasteiger charge is -2.28. The Morgan fingerprint density at radius 3 is 2.69 bits per heavy atom. The summed E-state index contributed by atoms with van der Waals surface area (Å²) in [5.41, 5.74) is 0. The average molecular weight is 228 g/mol. The van der Waals surface area contributed by atoms with Crippen LogP contribution < -0.4 is 5.32 Å². The van der Waals surface area contributed by atoms with E-state index in [0.717, 1.165) is 39.1 Å². The lowest BCUT2D eigenvalue weighted by atomic mass is 9.99. The third kappa shape index (κ3) is 4.10. The molecule has 4 nitrogen and oxygen atoms in total. The minimum atomic E-state index is 0.0647. The topological polar surface area (TPSA) is 41.6 Å². The van der Waals surface area contributed by atoms with Crippen LogP contribution in [-0.4, -0.2) is 51.2 Å². The van der Waals surface area contributed by atoms with E-state index in [1.54, 1.807) is 0 Å². The zero-order chi connectivity index (χ0) is 12.0. The largest absolute Gasteiger partial charge is 0.381 e. The molecule has 1 aliphatic rings. The summed E-state index contributed by atoms with van der Waals surface area (Å²) in [4.78, 5) is 13.8. The van der Waals surface area contributed by atoms with Gasteiger partial charge in [-0.25, -0.2) is 0 Å². The highest BCUT2D eigenvalue weighted by molar-refractivity contribution is 5.78. The van der Waals surface area contributed by atoms with Crippen LogP contribution >= 0.6 is 0 Å². The molecule has 16 heavy (non-hydrogen) atoms. The molecule has 4 heteroatoms. The maximum Gasteiger partial charge on any atom is 0.226 e. The van der Waals surface area contributed by atoms with E-state index in [1.165, 1.54) is 0 Å². The number of ether oxygens (including phenoxy) is 1. The fourth-order valence-corrected chi connectivity index (χ4v) is 2.18. The number of hydrogen-bond acceptors (Lipinski definition) is 3. The van der Waals surface area contributed by atoms with Crippen molar-refractivity contribution in [3.8, 4) is 0 Å². The van der Waals surface area contributed by atoms with Crippen molar-refractivity contribution in [1.82, 2.24) is 10.2 Å². The van der Waals surface area contributed by atoms with Gasteiger partial charge in [-0.15, -0.1) is 0 Å². The van der Waals surface area contributed by atoms with Crippen molar-refractivity contribution in [3.63, 3.8) is 0 Å². The highest BCUT2D eigenvalue weighted by Gasteiger charge is 2.21. The summed E-state index contributed by atoms with van der Waals surface area (Å²) >= 11 is 0. The van der Waals surface area contributed by atoms with Crippen LogP contribution in [0.1, 0.15) is 19.8 Å². The van der Waals surface area contributed by atoms with Gasteiger partial charge in [0.15, 0.2) is 0 Å². The van der Waals surface area contributed by atoms with Crippen molar-refractivity contribution in [2.75, 3.05) is 40.4 Å². The molecule has 0 aromatic heterocycles. The molecule has 1 unspecified atom stereocenters. The van der Waals surface area contributed by atoms with Crippen molar-refractivity contribution in [2.24, 2.45) is 11.8 Å². The molecule has 94 valence electrons. The van der Waals surface area contributed by atoms with E-state index in [0.29, 0.717) is 5.92 Å². The molecule has 0 spiro atoms. The van der Waals surface area contributed by atoms with Crippen LogP contribution in [0.25, 0.3) is 0 Å². The quantitative estimate of drug-likeness (QED) is 0.754. The van der Waals surface area contributed by atoms with Gasteiger partial charge in [0.1, 0.15) is 0 Å². The van der Waals surface area contributed by atoms with Crippen molar-refractivity contribution < 1.29 is 9.53 Å². The Morgan fingerprint density at radius 2 is 2.12 bits per heavy atom. The molecule has 0 bridgehead atoms. The zero-order valence-electron chi connectivity index (χ0n) is 10.7. The molecule has 1 amide bonds. The maximum absolute atomic E-state index is 12.0. The van der Waals surface area contributed by atoms with Crippen LogP contribution in [0.3, 0.4) is 0 Å². The predicted molar refractivity (Wildman–Crippen MR) is 64.3 cm³/mol. The SMILES string of the molecule is CNCC(C)C(=O)N(C)CC1CCOCC1. The van der Waals surface area contributed by atoms with Gasteiger partial charge in [0.2, 0.25) is 5.91 Å². The second-order valence-electron chi connectivity index (χ2n) is 4.73. The summed E-state index contributed by atoms with van der Waals surface area (Å²) in [6.45, 7) is 5.28. The van der Waals surface area contributed by atoms with Crippen LogP contribution in [0, 0.1) is 11.8 Å². The molecule has 0 aromatic rings. The van der Waals surface area contributed by atoms with Crippen LogP contribution in [0.4, 0.5) is 0 Å². The Hall–Kier alpha value is -0.610. The Morgan fingerprint density at radius 1 is 1.50 bits per heavy atom. The molecule has 1 N–H and O–H groups in total. The van der Waals surface area contributed by atoms with E-state index in [1.807, 2.05) is 25.9 Å². The third-order valence-corrected chi connectivity index (χ3v) is 3.18. The third-order valence-electron chi connectivity index (χ3n) is 3.18. The molecule has 1 heterocycles. The summed E-state index contributed by atoms with van der Waals surface area (Å²) in [7, 11) is 3.78. The summed E-state index contributed by atoms with van der Waals surface area (Å²) < 4.78 is 5.31. The first-order chi connectivity index (χ1) is 7.65. The summed E-state index contributed by atoms with van der Waals surface area (Å²) in [5, 5.41) is 3.04. The predicted octanol–water partition coefficient (Wildman–Crippen LogP) is 0.727. The van der Waals surface area contributed by atoms with E-state index in [9.17, 15) is 4.79 Å². The van der Waals surface area contributed by atoms with Gasteiger partial charge in [0, 0.05) is 39.3 Å². The normalized spacial score (nSPS) is 19.4. The van der Waals surface area contributed by atoms with Crippen LogP contribution in [0.2, 0.25) is 0 Å². The van der Waals surface area contributed by atoms with E-state index in [4.69, 9.17) is 4.74 Å². The van der Waals surface area contributed by atoms with Crippen molar-refractivity contribution in [2.45, 2.75) is 19.8 Å². The van der Waals surface area contributed by atoms with E-state index in [2.05, 4.69) is 5.32 Å². The molecule has 0 radical (unpaired) electrons. The first-order valence-electron chi connectivity index (χ1n) is 6.12. The molecular formula is C12H24N2O2. The summed E-state index contributed by atoms with van der Waals surface area (Å²) in [5.74, 6) is 0.917. The van der Waals surface area contributed by atoms with Crippen molar-refractivity contribution in [1.29, 1.82) is 0 Å². The van der Waals surface area contributed by atoms with E-state index < -0.39 is 0 Å². The zero-order valence-corrected chi connectivity index (χ0v) is 10.7. The van der Waals surface area contributed by atoms with Gasteiger partial charge in [0.05, 0.1) is 0 Å². The van der Waals surface area contributed by atoms with E-state index in [-0.39, 0.29) is 11.8 Å². The number of amides is 1. The second-order valence-corrected chi connectivity index (χ2v) is 4.73. The number of rotatable bonds is 5. The smallest absolute Gasteiger partial charge is 0.226 e. The van der Waals surface area contributed by atoms with Crippen molar-refractivity contribution >= 4 is 5.91 Å². The summed E-state index contributed by atoms with van der Waals surface area (Å²) in [6, 6.07) is 0. The second kappa shape index (κ2) is 6.86. The van der Waals surface area contributed by atoms with Gasteiger partial charge in [0.25, 0.3) is 0 Å². The van der Waals surface area contributed by atoms with Gasteiger partial charge in [-0.05, 0) is 25.8 Å². The first-order valence-corrected chi connectivity index (χ1v) is 6.12. The Bertz CT molecular complexity index is 215. The lowest BCUT2D eigenvalue weighted by molar-refractivity contribution is -0.134. The van der Waals surface area contributed by atoms with Gasteiger partial charge in [-0.3, -0.25) is 4.79 Å². The average Bonchev–Trinajstić information content (AvgIpc) is 2.29. The molecule has 0 aliphatic carbocycles. The van der Waals surface area contributed by atoms with Gasteiger partial charge >= 0.3 is 0 Å². The minimum Gasteiger partial charge on any atom is -0.381 e. The maximum atomic E-state index is 12.0. The molecular weight excluding hydrogens is 204 g/mol. The minimum absolute atomic E-state index is 0.0647. The highest BCUT2D eigenvalue weighted by Crippen LogP contribution is 2.16. The van der Waals surface area contributed by atoms with E-state index >= 15 is 0 Å². The molecule has 1 fully saturated rings. The molecule has 1 aliphatic heterocycles.